The number of hydrogen-bond acceptors (Lipinski definition) is 4. The van der Waals surface area contributed by atoms with E-state index in [1.807, 2.05) is 55.5 Å². The Morgan fingerprint density at radius 3 is 2.44 bits per heavy atom. The Morgan fingerprint density at radius 1 is 1.06 bits per heavy atom. The van der Waals surface area contributed by atoms with Crippen molar-refractivity contribution in [2.24, 2.45) is 0 Å². The molecule has 2 N–H and O–H groups in total. The third-order valence-electron chi connectivity index (χ3n) is 6.26. The SMILES string of the molecule is CCc1ccc(NC(=O)CN2C(=O)N(Cc3ccc(C)cc3)C(=O)C3NCCCC32)cc1. The summed E-state index contributed by atoms with van der Waals surface area (Å²) in [5.74, 6) is -0.483. The molecular weight excluding hydrogens is 404 g/mol. The molecule has 2 aliphatic heterocycles. The number of anilines is 1. The van der Waals surface area contributed by atoms with Crippen molar-refractivity contribution in [1.29, 1.82) is 0 Å². The molecule has 0 spiro atoms. The van der Waals surface area contributed by atoms with Crippen molar-refractivity contribution in [2.75, 3.05) is 18.4 Å². The van der Waals surface area contributed by atoms with E-state index in [4.69, 9.17) is 0 Å². The summed E-state index contributed by atoms with van der Waals surface area (Å²) in [6, 6.07) is 14.3. The molecule has 2 atom stereocenters. The van der Waals surface area contributed by atoms with Crippen LogP contribution in [0.1, 0.15) is 36.5 Å². The maximum absolute atomic E-state index is 13.4. The predicted octanol–water partition coefficient (Wildman–Crippen LogP) is 3.08. The van der Waals surface area contributed by atoms with Gasteiger partial charge in [0.15, 0.2) is 0 Å². The number of fused-ring (bicyclic) bond motifs is 1. The monoisotopic (exact) mass is 434 g/mol. The normalized spacial score (nSPS) is 20.8. The molecule has 0 aromatic heterocycles. The maximum atomic E-state index is 13.4. The van der Waals surface area contributed by atoms with E-state index in [0.29, 0.717) is 12.1 Å². The van der Waals surface area contributed by atoms with E-state index in [2.05, 4.69) is 17.6 Å². The second kappa shape index (κ2) is 9.53. The molecule has 2 unspecified atom stereocenters. The van der Waals surface area contributed by atoms with Crippen LogP contribution < -0.4 is 10.6 Å². The average molecular weight is 435 g/mol. The molecule has 0 aliphatic carbocycles. The zero-order chi connectivity index (χ0) is 22.7. The van der Waals surface area contributed by atoms with Crippen molar-refractivity contribution >= 4 is 23.5 Å². The fraction of sp³-hybridized carbons (Fsp3) is 0.400. The number of amides is 4. The minimum absolute atomic E-state index is 0.0884. The number of imide groups is 1. The molecule has 2 fully saturated rings. The van der Waals surface area contributed by atoms with E-state index in [9.17, 15) is 14.4 Å². The number of carbonyl (C=O) groups excluding carboxylic acids is 3. The number of nitrogens with zero attached hydrogens (tertiary/aromatic N) is 2. The summed E-state index contributed by atoms with van der Waals surface area (Å²) in [6.45, 7) is 4.90. The molecule has 0 bridgehead atoms. The van der Waals surface area contributed by atoms with Gasteiger partial charge in [-0.3, -0.25) is 14.5 Å². The first-order chi connectivity index (χ1) is 15.5. The fourth-order valence-electron chi connectivity index (χ4n) is 4.40. The summed E-state index contributed by atoms with van der Waals surface area (Å²) >= 11 is 0. The van der Waals surface area contributed by atoms with Crippen molar-refractivity contribution in [3.63, 3.8) is 0 Å². The summed E-state index contributed by atoms with van der Waals surface area (Å²) in [5.41, 5.74) is 3.88. The van der Waals surface area contributed by atoms with Crippen LogP contribution in [0.5, 0.6) is 0 Å². The highest BCUT2D eigenvalue weighted by Gasteiger charge is 2.47. The summed E-state index contributed by atoms with van der Waals surface area (Å²) in [6.07, 6.45) is 2.49. The number of aryl methyl sites for hydroxylation is 2. The van der Waals surface area contributed by atoms with Gasteiger partial charge in [0, 0.05) is 5.69 Å². The fourth-order valence-corrected chi connectivity index (χ4v) is 4.40. The zero-order valence-corrected chi connectivity index (χ0v) is 18.6. The number of rotatable bonds is 6. The molecule has 4 amide bonds. The van der Waals surface area contributed by atoms with Gasteiger partial charge in [-0.1, -0.05) is 48.9 Å². The topological polar surface area (TPSA) is 81.8 Å². The number of hydrogen-bond donors (Lipinski definition) is 2. The number of carbonyl (C=O) groups is 3. The van der Waals surface area contributed by atoms with Crippen molar-refractivity contribution in [1.82, 2.24) is 15.1 Å². The average Bonchev–Trinajstić information content (AvgIpc) is 2.81. The first kappa shape index (κ1) is 22.0. The Morgan fingerprint density at radius 2 is 1.75 bits per heavy atom. The molecule has 7 heteroatoms. The Balaban J connectivity index is 1.51. The molecule has 168 valence electrons. The van der Waals surface area contributed by atoms with Crippen LogP contribution in [-0.2, 0) is 22.6 Å². The minimum atomic E-state index is -0.483. The van der Waals surface area contributed by atoms with Crippen LogP contribution in [-0.4, -0.2) is 52.8 Å². The van der Waals surface area contributed by atoms with E-state index in [1.54, 1.807) is 4.90 Å². The highest BCUT2D eigenvalue weighted by Crippen LogP contribution is 2.26. The standard InChI is InChI=1S/C25H30N4O3/c1-3-18-10-12-20(13-11-18)27-22(30)16-28-21-5-4-14-26-23(21)24(31)29(25(28)32)15-19-8-6-17(2)7-9-19/h6-13,21,23,26H,3-5,14-16H2,1-2H3,(H,27,30). The largest absolute Gasteiger partial charge is 0.327 e. The predicted molar refractivity (Wildman–Crippen MR) is 123 cm³/mol. The Kier molecular flexibility index (Phi) is 6.55. The summed E-state index contributed by atoms with van der Waals surface area (Å²) < 4.78 is 0. The number of benzene rings is 2. The number of urea groups is 1. The van der Waals surface area contributed by atoms with Gasteiger partial charge in [-0.25, -0.2) is 4.79 Å². The third-order valence-corrected chi connectivity index (χ3v) is 6.26. The third kappa shape index (κ3) is 4.67. The van der Waals surface area contributed by atoms with Gasteiger partial charge < -0.3 is 15.5 Å². The van der Waals surface area contributed by atoms with Crippen LogP contribution in [0.4, 0.5) is 10.5 Å². The lowest BCUT2D eigenvalue weighted by Gasteiger charge is -2.46. The molecule has 2 saturated heterocycles. The van der Waals surface area contributed by atoms with Gasteiger partial charge >= 0.3 is 6.03 Å². The first-order valence-corrected chi connectivity index (χ1v) is 11.3. The number of piperidine rings is 1. The molecular formula is C25H30N4O3. The quantitative estimate of drug-likeness (QED) is 0.732. The highest BCUT2D eigenvalue weighted by molar-refractivity contribution is 6.02. The summed E-state index contributed by atoms with van der Waals surface area (Å²) in [7, 11) is 0. The highest BCUT2D eigenvalue weighted by atomic mass is 16.2. The van der Waals surface area contributed by atoms with E-state index in [0.717, 1.165) is 30.5 Å². The van der Waals surface area contributed by atoms with E-state index >= 15 is 0 Å². The zero-order valence-electron chi connectivity index (χ0n) is 18.6. The molecule has 0 saturated carbocycles. The van der Waals surface area contributed by atoms with Gasteiger partial charge in [-0.15, -0.1) is 0 Å². The van der Waals surface area contributed by atoms with Gasteiger partial charge in [0.05, 0.1) is 12.6 Å². The molecule has 0 radical (unpaired) electrons. The van der Waals surface area contributed by atoms with Crippen LogP contribution in [0.25, 0.3) is 0 Å². The van der Waals surface area contributed by atoms with Crippen LogP contribution in [0.2, 0.25) is 0 Å². The van der Waals surface area contributed by atoms with Crippen LogP contribution in [0.3, 0.4) is 0 Å². The maximum Gasteiger partial charge on any atom is 0.327 e. The summed E-state index contributed by atoms with van der Waals surface area (Å²) in [5, 5.41) is 6.15. The van der Waals surface area contributed by atoms with Crippen LogP contribution >= 0.6 is 0 Å². The molecule has 2 aliphatic rings. The molecule has 2 aromatic rings. The number of nitrogens with one attached hydrogen (secondary N) is 2. The van der Waals surface area contributed by atoms with Crippen molar-refractivity contribution < 1.29 is 14.4 Å². The molecule has 4 rings (SSSR count). The Bertz CT molecular complexity index is 987. The van der Waals surface area contributed by atoms with Gasteiger partial charge in [0.2, 0.25) is 11.8 Å². The smallest absolute Gasteiger partial charge is 0.325 e. The van der Waals surface area contributed by atoms with Crippen LogP contribution in [0, 0.1) is 6.92 Å². The van der Waals surface area contributed by atoms with Gasteiger partial charge in [0.1, 0.15) is 12.6 Å². The molecule has 32 heavy (non-hydrogen) atoms. The second-order valence-corrected chi connectivity index (χ2v) is 8.56. The van der Waals surface area contributed by atoms with Crippen molar-refractivity contribution in [3.8, 4) is 0 Å². The second-order valence-electron chi connectivity index (χ2n) is 8.56. The van der Waals surface area contributed by atoms with Crippen LogP contribution in [0.15, 0.2) is 48.5 Å². The minimum Gasteiger partial charge on any atom is -0.325 e. The lowest BCUT2D eigenvalue weighted by atomic mass is 9.93. The van der Waals surface area contributed by atoms with Crippen molar-refractivity contribution in [2.45, 2.75) is 51.7 Å². The first-order valence-electron chi connectivity index (χ1n) is 11.3. The molecule has 2 aromatic carbocycles. The van der Waals surface area contributed by atoms with E-state index < -0.39 is 12.1 Å². The van der Waals surface area contributed by atoms with Gasteiger partial charge in [-0.05, 0) is 56.0 Å². The molecule has 2 heterocycles. The summed E-state index contributed by atoms with van der Waals surface area (Å²) in [4.78, 5) is 42.1. The lowest BCUT2D eigenvalue weighted by Crippen LogP contribution is -2.70. The Labute approximate surface area is 188 Å². The van der Waals surface area contributed by atoms with E-state index in [1.165, 1.54) is 10.5 Å². The van der Waals surface area contributed by atoms with Crippen molar-refractivity contribution in [3.05, 3.63) is 65.2 Å². The van der Waals surface area contributed by atoms with Gasteiger partial charge in [-0.2, -0.15) is 0 Å². The van der Waals surface area contributed by atoms with Gasteiger partial charge in [0.25, 0.3) is 0 Å². The van der Waals surface area contributed by atoms with E-state index in [-0.39, 0.29) is 30.9 Å². The lowest BCUT2D eigenvalue weighted by molar-refractivity contribution is -0.138. The Hall–Kier alpha value is -3.19. The molecule has 7 nitrogen and oxygen atoms in total.